The molecule has 0 saturated heterocycles. The van der Waals surface area contributed by atoms with Crippen LogP contribution in [0, 0.1) is 6.42 Å². The number of rotatable bonds is 2. The molecule has 1 nitrogen and oxygen atoms in total. The Labute approximate surface area is 169 Å². The van der Waals surface area contributed by atoms with E-state index < -0.39 is 0 Å². The monoisotopic (exact) mass is 389 g/mol. The third-order valence-electron chi connectivity index (χ3n) is 2.99. The molecule has 0 saturated carbocycles. The molecule has 0 bridgehead atoms. The molecule has 4 heteroatoms. The molecule has 0 heterocycles. The molecule has 1 N–H and O–H groups in total. The van der Waals surface area contributed by atoms with Gasteiger partial charge in [-0.2, -0.15) is 18.1 Å². The molecule has 1 aromatic rings. The van der Waals surface area contributed by atoms with Crippen LogP contribution >= 0.6 is 24.8 Å². The second-order valence-corrected chi connectivity index (χ2v) is 6.45. The minimum atomic E-state index is -0.250. The second-order valence-electron chi connectivity index (χ2n) is 6.45. The molecular formula is C19H29Cl2NTi. The average Bonchev–Trinajstić information content (AvgIpc) is 2.66. The van der Waals surface area contributed by atoms with Crippen LogP contribution in [-0.2, 0) is 21.7 Å². The van der Waals surface area contributed by atoms with E-state index in [9.17, 15) is 0 Å². The van der Waals surface area contributed by atoms with E-state index in [-0.39, 0.29) is 52.1 Å². The summed E-state index contributed by atoms with van der Waals surface area (Å²) in [6, 6.07) is 8.63. The SMILES string of the molecule is CC(C)(C)[NH-].C[CH-]c1ccccc1C1=C(C)C=C(C)C1.Cl.Cl.[Ti+2]. The Hall–Kier alpha value is -0.176. The van der Waals surface area contributed by atoms with E-state index in [4.69, 9.17) is 5.73 Å². The molecule has 0 atom stereocenters. The summed E-state index contributed by atoms with van der Waals surface area (Å²) in [5.74, 6) is 0. The van der Waals surface area contributed by atoms with Crippen LogP contribution < -0.4 is 0 Å². The summed E-state index contributed by atoms with van der Waals surface area (Å²) in [5, 5.41) is 0. The van der Waals surface area contributed by atoms with Crippen molar-refractivity contribution in [3.8, 4) is 0 Å². The van der Waals surface area contributed by atoms with Crippen LogP contribution in [0.4, 0.5) is 0 Å². The van der Waals surface area contributed by atoms with Crippen LogP contribution in [0.15, 0.2) is 41.5 Å². The first kappa shape index (κ1) is 27.7. The van der Waals surface area contributed by atoms with Gasteiger partial charge in [0.2, 0.25) is 0 Å². The number of halogens is 2. The van der Waals surface area contributed by atoms with Crippen LogP contribution in [0.25, 0.3) is 11.3 Å². The van der Waals surface area contributed by atoms with Gasteiger partial charge in [0.05, 0.1) is 0 Å². The molecule has 1 aliphatic carbocycles. The van der Waals surface area contributed by atoms with Gasteiger partial charge < -0.3 is 5.73 Å². The molecule has 23 heavy (non-hydrogen) atoms. The molecule has 0 radical (unpaired) electrons. The van der Waals surface area contributed by atoms with Crippen molar-refractivity contribution in [2.24, 2.45) is 0 Å². The Morgan fingerprint density at radius 3 is 1.91 bits per heavy atom. The van der Waals surface area contributed by atoms with Gasteiger partial charge in [0, 0.05) is 0 Å². The van der Waals surface area contributed by atoms with Crippen molar-refractivity contribution in [3.63, 3.8) is 0 Å². The molecule has 0 unspecified atom stereocenters. The zero-order valence-corrected chi connectivity index (χ0v) is 18.2. The largest absolute Gasteiger partial charge is 2.00 e. The van der Waals surface area contributed by atoms with E-state index in [1.165, 1.54) is 27.8 Å². The Bertz CT molecular complexity index is 522. The maximum Gasteiger partial charge on any atom is 2.00 e. The number of nitrogens with one attached hydrogen (secondary N) is 1. The molecule has 0 aromatic heterocycles. The van der Waals surface area contributed by atoms with E-state index in [1.54, 1.807) is 0 Å². The molecule has 0 spiro atoms. The first-order valence-corrected chi connectivity index (χ1v) is 7.23. The van der Waals surface area contributed by atoms with Gasteiger partial charge in [0.1, 0.15) is 0 Å². The molecule has 0 amide bonds. The number of hydrogen-bond donors (Lipinski definition) is 0. The summed E-state index contributed by atoms with van der Waals surface area (Å²) in [7, 11) is 0. The molecular weight excluding hydrogens is 361 g/mol. The van der Waals surface area contributed by atoms with Gasteiger partial charge >= 0.3 is 21.7 Å². The Morgan fingerprint density at radius 1 is 1.04 bits per heavy atom. The van der Waals surface area contributed by atoms with Crippen molar-refractivity contribution in [1.82, 2.24) is 0 Å². The molecule has 0 aliphatic heterocycles. The number of hydrogen-bond acceptors (Lipinski definition) is 0. The Kier molecular flexibility index (Phi) is 14.7. The normalized spacial score (nSPS) is 12.7. The maximum atomic E-state index is 6.94. The fourth-order valence-corrected chi connectivity index (χ4v) is 2.26. The molecule has 128 valence electrons. The molecule has 2 rings (SSSR count). The summed E-state index contributed by atoms with van der Waals surface area (Å²) >= 11 is 0. The van der Waals surface area contributed by atoms with E-state index in [0.29, 0.717) is 0 Å². The molecule has 1 aliphatic rings. The Morgan fingerprint density at radius 2 is 1.52 bits per heavy atom. The van der Waals surface area contributed by atoms with Gasteiger partial charge in [0.15, 0.2) is 0 Å². The van der Waals surface area contributed by atoms with Gasteiger partial charge in [-0.15, -0.1) is 48.0 Å². The molecule has 0 fully saturated rings. The maximum absolute atomic E-state index is 6.94. The minimum absolute atomic E-state index is 0. The smallest absolute Gasteiger partial charge is 0.673 e. The minimum Gasteiger partial charge on any atom is -0.673 e. The van der Waals surface area contributed by atoms with Gasteiger partial charge in [-0.25, -0.2) is 0 Å². The van der Waals surface area contributed by atoms with E-state index >= 15 is 0 Å². The van der Waals surface area contributed by atoms with Gasteiger partial charge in [-0.3, -0.25) is 0 Å². The van der Waals surface area contributed by atoms with Crippen molar-refractivity contribution < 1.29 is 21.7 Å². The summed E-state index contributed by atoms with van der Waals surface area (Å²) in [6.07, 6.45) is 5.59. The zero-order valence-electron chi connectivity index (χ0n) is 15.0. The van der Waals surface area contributed by atoms with Crippen molar-refractivity contribution in [3.05, 3.63) is 64.8 Å². The van der Waals surface area contributed by atoms with E-state index in [1.807, 2.05) is 20.8 Å². The van der Waals surface area contributed by atoms with Crippen LogP contribution in [0.2, 0.25) is 0 Å². The summed E-state index contributed by atoms with van der Waals surface area (Å²) in [4.78, 5) is 0. The first-order valence-electron chi connectivity index (χ1n) is 7.23. The average molecular weight is 390 g/mol. The van der Waals surface area contributed by atoms with Crippen molar-refractivity contribution in [1.29, 1.82) is 0 Å². The number of allylic oxidation sites excluding steroid dienone is 4. The van der Waals surface area contributed by atoms with Crippen molar-refractivity contribution >= 4 is 30.4 Å². The zero-order chi connectivity index (χ0) is 15.3. The van der Waals surface area contributed by atoms with Crippen LogP contribution in [0.5, 0.6) is 0 Å². The van der Waals surface area contributed by atoms with E-state index in [2.05, 4.69) is 57.5 Å². The third-order valence-corrected chi connectivity index (χ3v) is 2.99. The predicted octanol–water partition coefficient (Wildman–Crippen LogP) is 7.06. The predicted molar refractivity (Wildman–Crippen MR) is 105 cm³/mol. The van der Waals surface area contributed by atoms with Crippen LogP contribution in [0.1, 0.15) is 59.1 Å². The second kappa shape index (κ2) is 12.2. The van der Waals surface area contributed by atoms with Crippen LogP contribution in [-0.4, -0.2) is 5.54 Å². The molecule has 1 aromatic carbocycles. The summed E-state index contributed by atoms with van der Waals surface area (Å²) in [5.41, 5.74) is 13.8. The third kappa shape index (κ3) is 10.3. The number of benzene rings is 1. The van der Waals surface area contributed by atoms with Crippen molar-refractivity contribution in [2.75, 3.05) is 0 Å². The quantitative estimate of drug-likeness (QED) is 0.381. The van der Waals surface area contributed by atoms with Gasteiger partial charge in [0.25, 0.3) is 0 Å². The summed E-state index contributed by atoms with van der Waals surface area (Å²) < 4.78 is 0. The fourth-order valence-electron chi connectivity index (χ4n) is 2.26. The van der Waals surface area contributed by atoms with E-state index in [0.717, 1.165) is 6.42 Å². The fraction of sp³-hybridized carbons (Fsp3) is 0.421. The van der Waals surface area contributed by atoms with Crippen molar-refractivity contribution in [2.45, 2.75) is 53.5 Å². The Balaban J connectivity index is -0.000000444. The first-order chi connectivity index (χ1) is 9.22. The standard InChI is InChI=1S/C15H17.C4H10N.2ClH.Ti/c1-4-13-7-5-6-8-14(13)15-10-11(2)9-12(15)3;1-4(2,3)5;;;/h4-9H,10H2,1-3H3;5H,1-3H3;2*1H;/q2*-1;;;+2. The van der Waals surface area contributed by atoms with Gasteiger partial charge in [-0.05, 0) is 20.3 Å². The topological polar surface area (TPSA) is 23.8 Å². The summed E-state index contributed by atoms with van der Waals surface area (Å²) in [6.45, 7) is 12.1. The van der Waals surface area contributed by atoms with Gasteiger partial charge in [-0.1, -0.05) is 56.6 Å². The van der Waals surface area contributed by atoms with Crippen LogP contribution in [0.3, 0.4) is 0 Å².